The summed E-state index contributed by atoms with van der Waals surface area (Å²) in [6.45, 7) is 6.17. The molecule has 3 nitrogen and oxygen atoms in total. The van der Waals surface area contributed by atoms with Crippen LogP contribution < -0.4 is 5.32 Å². The highest BCUT2D eigenvalue weighted by atomic mass is 32.1. The molecule has 0 spiro atoms. The van der Waals surface area contributed by atoms with Crippen LogP contribution in [0, 0.1) is 6.92 Å². The second-order valence-corrected chi connectivity index (χ2v) is 6.57. The summed E-state index contributed by atoms with van der Waals surface area (Å²) >= 11 is 1.83. The molecule has 22 heavy (non-hydrogen) atoms. The summed E-state index contributed by atoms with van der Waals surface area (Å²) in [6.07, 6.45) is 5.65. The first-order valence-electron chi connectivity index (χ1n) is 7.53. The van der Waals surface area contributed by atoms with E-state index in [0.717, 1.165) is 13.1 Å². The number of hydrogen-bond acceptors (Lipinski definition) is 3. The lowest BCUT2D eigenvalue weighted by molar-refractivity contribution is 0.580. The second kappa shape index (κ2) is 6.90. The molecular formula is C18H21N3S. The molecule has 0 fully saturated rings. The molecule has 1 aromatic carbocycles. The number of imidazole rings is 1. The van der Waals surface area contributed by atoms with E-state index in [1.54, 1.807) is 0 Å². The predicted octanol–water partition coefficient (Wildman–Crippen LogP) is 4.15. The fraction of sp³-hybridized carbons (Fsp3) is 0.278. The van der Waals surface area contributed by atoms with E-state index in [1.165, 1.54) is 21.6 Å². The second-order valence-electron chi connectivity index (χ2n) is 5.62. The van der Waals surface area contributed by atoms with Crippen LogP contribution in [0.4, 0.5) is 0 Å². The number of hydrogen-bond donors (Lipinski definition) is 1. The van der Waals surface area contributed by atoms with E-state index in [4.69, 9.17) is 0 Å². The summed E-state index contributed by atoms with van der Waals surface area (Å²) < 4.78 is 2.08. The van der Waals surface area contributed by atoms with Crippen molar-refractivity contribution in [3.05, 3.63) is 76.0 Å². The molecule has 2 heterocycles. The average Bonchev–Trinajstić information content (AvgIpc) is 3.18. The highest BCUT2D eigenvalue weighted by Crippen LogP contribution is 2.23. The molecule has 0 unspecified atom stereocenters. The van der Waals surface area contributed by atoms with Gasteiger partial charge in [-0.1, -0.05) is 24.3 Å². The van der Waals surface area contributed by atoms with Crippen molar-refractivity contribution in [3.8, 4) is 0 Å². The summed E-state index contributed by atoms with van der Waals surface area (Å²) in [5, 5.41) is 5.76. The van der Waals surface area contributed by atoms with E-state index in [2.05, 4.69) is 64.4 Å². The fourth-order valence-corrected chi connectivity index (χ4v) is 3.51. The third kappa shape index (κ3) is 3.64. The van der Waals surface area contributed by atoms with E-state index >= 15 is 0 Å². The highest BCUT2D eigenvalue weighted by Gasteiger charge is 2.09. The van der Waals surface area contributed by atoms with Crippen LogP contribution in [-0.4, -0.2) is 9.55 Å². The Morgan fingerprint density at radius 1 is 1.18 bits per heavy atom. The maximum Gasteiger partial charge on any atom is 0.0949 e. The lowest BCUT2D eigenvalue weighted by Crippen LogP contribution is -2.17. The summed E-state index contributed by atoms with van der Waals surface area (Å²) in [6, 6.07) is 11.4. The SMILES string of the molecule is Cc1ccsc1[C@@H](C)NCc1ccc(Cn2ccnc2)cc1. The highest BCUT2D eigenvalue weighted by molar-refractivity contribution is 7.10. The molecule has 0 saturated heterocycles. The normalized spacial score (nSPS) is 12.5. The molecule has 0 aliphatic heterocycles. The molecule has 1 atom stereocenters. The summed E-state index contributed by atoms with van der Waals surface area (Å²) in [4.78, 5) is 5.50. The van der Waals surface area contributed by atoms with E-state index in [-0.39, 0.29) is 0 Å². The smallest absolute Gasteiger partial charge is 0.0949 e. The van der Waals surface area contributed by atoms with Gasteiger partial charge in [-0.25, -0.2) is 4.98 Å². The van der Waals surface area contributed by atoms with Gasteiger partial charge in [0.05, 0.1) is 6.33 Å². The van der Waals surface area contributed by atoms with Gasteiger partial charge in [0.25, 0.3) is 0 Å². The molecule has 0 bridgehead atoms. The molecular weight excluding hydrogens is 290 g/mol. The molecule has 3 rings (SSSR count). The van der Waals surface area contributed by atoms with Crippen molar-refractivity contribution in [3.63, 3.8) is 0 Å². The van der Waals surface area contributed by atoms with Gasteiger partial charge >= 0.3 is 0 Å². The first kappa shape index (κ1) is 15.0. The molecule has 3 aromatic rings. The quantitative estimate of drug-likeness (QED) is 0.741. The third-order valence-corrected chi connectivity index (χ3v) is 5.06. The average molecular weight is 311 g/mol. The van der Waals surface area contributed by atoms with Gasteiger partial charge in [-0.05, 0) is 42.0 Å². The Balaban J connectivity index is 1.56. The van der Waals surface area contributed by atoms with Crippen molar-refractivity contribution in [1.82, 2.24) is 14.9 Å². The molecule has 0 aliphatic carbocycles. The van der Waals surface area contributed by atoms with Crippen LogP contribution in [0.15, 0.2) is 54.4 Å². The topological polar surface area (TPSA) is 29.9 Å². The Labute approximate surface area is 135 Å². The lowest BCUT2D eigenvalue weighted by Gasteiger charge is -2.14. The van der Waals surface area contributed by atoms with Gasteiger partial charge in [-0.3, -0.25) is 0 Å². The van der Waals surface area contributed by atoms with Gasteiger partial charge in [-0.15, -0.1) is 11.3 Å². The molecule has 1 N–H and O–H groups in total. The first-order chi connectivity index (χ1) is 10.7. The number of rotatable bonds is 6. The van der Waals surface area contributed by atoms with Crippen molar-refractivity contribution >= 4 is 11.3 Å². The number of aromatic nitrogens is 2. The van der Waals surface area contributed by atoms with Crippen LogP contribution in [0.3, 0.4) is 0 Å². The van der Waals surface area contributed by atoms with Crippen LogP contribution in [0.25, 0.3) is 0 Å². The minimum Gasteiger partial charge on any atom is -0.333 e. The third-order valence-electron chi connectivity index (χ3n) is 3.85. The molecule has 114 valence electrons. The number of aryl methyl sites for hydroxylation is 1. The first-order valence-corrected chi connectivity index (χ1v) is 8.41. The van der Waals surface area contributed by atoms with Crippen molar-refractivity contribution in [1.29, 1.82) is 0 Å². The standard InChI is InChI=1S/C18H21N3S/c1-14-7-10-22-18(14)15(2)20-11-16-3-5-17(6-4-16)12-21-9-8-19-13-21/h3-10,13,15,20H,11-12H2,1-2H3/t15-/m1/s1. The fourth-order valence-electron chi connectivity index (χ4n) is 2.55. The zero-order valence-electron chi connectivity index (χ0n) is 13.0. The van der Waals surface area contributed by atoms with E-state index in [9.17, 15) is 0 Å². The van der Waals surface area contributed by atoms with E-state index < -0.39 is 0 Å². The summed E-state index contributed by atoms with van der Waals surface area (Å²) in [5.41, 5.74) is 3.99. The minimum atomic E-state index is 0.394. The monoisotopic (exact) mass is 311 g/mol. The van der Waals surface area contributed by atoms with Gasteiger partial charge in [-0.2, -0.15) is 0 Å². The van der Waals surface area contributed by atoms with E-state index in [1.807, 2.05) is 30.1 Å². The number of nitrogens with one attached hydrogen (secondary N) is 1. The van der Waals surface area contributed by atoms with Crippen LogP contribution in [0.2, 0.25) is 0 Å². The largest absolute Gasteiger partial charge is 0.333 e. The zero-order chi connectivity index (χ0) is 15.4. The predicted molar refractivity (Wildman–Crippen MR) is 92.1 cm³/mol. The molecule has 0 saturated carbocycles. The van der Waals surface area contributed by atoms with Crippen LogP contribution in [0.5, 0.6) is 0 Å². The number of nitrogens with zero attached hydrogens (tertiary/aromatic N) is 2. The van der Waals surface area contributed by atoms with Crippen molar-refractivity contribution in [2.24, 2.45) is 0 Å². The van der Waals surface area contributed by atoms with Crippen molar-refractivity contribution in [2.75, 3.05) is 0 Å². The molecule has 4 heteroatoms. The van der Waals surface area contributed by atoms with Crippen LogP contribution in [-0.2, 0) is 13.1 Å². The van der Waals surface area contributed by atoms with Crippen LogP contribution in [0.1, 0.15) is 34.5 Å². The Morgan fingerprint density at radius 2 is 1.95 bits per heavy atom. The van der Waals surface area contributed by atoms with E-state index in [0.29, 0.717) is 6.04 Å². The number of thiophene rings is 1. The molecule has 0 amide bonds. The molecule has 0 radical (unpaired) electrons. The minimum absolute atomic E-state index is 0.394. The Hall–Kier alpha value is -1.91. The lowest BCUT2D eigenvalue weighted by atomic mass is 10.1. The Bertz CT molecular complexity index is 698. The van der Waals surface area contributed by atoms with Gasteiger partial charge in [0, 0.05) is 36.4 Å². The Kier molecular flexibility index (Phi) is 4.71. The maximum absolute atomic E-state index is 4.07. The number of benzene rings is 1. The Morgan fingerprint density at radius 3 is 2.59 bits per heavy atom. The molecule has 2 aromatic heterocycles. The summed E-state index contributed by atoms with van der Waals surface area (Å²) in [5.74, 6) is 0. The van der Waals surface area contributed by atoms with Gasteiger partial charge in [0.1, 0.15) is 0 Å². The van der Waals surface area contributed by atoms with Gasteiger partial charge in [0.15, 0.2) is 0 Å². The molecule has 0 aliphatic rings. The maximum atomic E-state index is 4.07. The van der Waals surface area contributed by atoms with Crippen LogP contribution >= 0.6 is 11.3 Å². The summed E-state index contributed by atoms with van der Waals surface area (Å²) in [7, 11) is 0. The van der Waals surface area contributed by atoms with Crippen molar-refractivity contribution < 1.29 is 0 Å². The van der Waals surface area contributed by atoms with Gasteiger partial charge in [0.2, 0.25) is 0 Å². The van der Waals surface area contributed by atoms with Crippen molar-refractivity contribution in [2.45, 2.75) is 33.0 Å². The van der Waals surface area contributed by atoms with Gasteiger partial charge < -0.3 is 9.88 Å². The zero-order valence-corrected chi connectivity index (χ0v) is 13.8.